The molecule has 2 aromatic carbocycles. The second-order valence-electron chi connectivity index (χ2n) is 8.80. The van der Waals surface area contributed by atoms with Crippen LogP contribution in [0, 0.1) is 5.92 Å². The molecule has 1 unspecified atom stereocenters. The van der Waals surface area contributed by atoms with Gasteiger partial charge in [-0.1, -0.05) is 60.7 Å². The fraction of sp³-hybridized carbons (Fsp3) is 0.423. The Morgan fingerprint density at radius 1 is 0.857 bits per heavy atom. The molecule has 0 saturated carbocycles. The van der Waals surface area contributed by atoms with Crippen LogP contribution in [0.15, 0.2) is 72.4 Å². The first-order valence-electron chi connectivity index (χ1n) is 10.8. The van der Waals surface area contributed by atoms with E-state index in [-0.39, 0.29) is 5.54 Å². The summed E-state index contributed by atoms with van der Waals surface area (Å²) >= 11 is 0. The summed E-state index contributed by atoms with van der Waals surface area (Å²) in [4.78, 5) is 2.66. The standard InChI is InChI=1S/C26H33N2/c1-26(2)24(20-22-12-6-3-7-13-22)25(27-17-10-5-11-18-27)16-19-28(26)21-23-14-8-4-9-15-23/h3-4,6-9,12-16,19,24H,5,10-11,17-18,20-21H2,1-2H3/q+1. The highest BCUT2D eigenvalue weighted by Crippen LogP contribution is 2.36. The van der Waals surface area contributed by atoms with Crippen LogP contribution in [-0.2, 0) is 13.0 Å². The molecular formula is C26H33N2+. The first kappa shape index (κ1) is 19.0. The molecule has 1 atom stereocenters. The van der Waals surface area contributed by atoms with E-state index >= 15 is 0 Å². The largest absolute Gasteiger partial charge is 0.374 e. The van der Waals surface area contributed by atoms with Crippen LogP contribution in [0.25, 0.3) is 0 Å². The summed E-state index contributed by atoms with van der Waals surface area (Å²) in [6.45, 7) is 8.23. The Labute approximate surface area is 170 Å². The minimum Gasteiger partial charge on any atom is -0.374 e. The van der Waals surface area contributed by atoms with Crippen molar-refractivity contribution in [2.24, 2.45) is 5.92 Å². The van der Waals surface area contributed by atoms with E-state index < -0.39 is 0 Å². The van der Waals surface area contributed by atoms with Gasteiger partial charge in [-0.15, -0.1) is 0 Å². The molecule has 0 aliphatic carbocycles. The molecule has 2 heteroatoms. The Morgan fingerprint density at radius 2 is 1.46 bits per heavy atom. The smallest absolute Gasteiger partial charge is 0.168 e. The van der Waals surface area contributed by atoms with Gasteiger partial charge in [0.2, 0.25) is 0 Å². The Kier molecular flexibility index (Phi) is 5.66. The van der Waals surface area contributed by atoms with E-state index in [1.165, 1.54) is 49.2 Å². The number of hydrogen-bond donors (Lipinski definition) is 0. The summed E-state index contributed by atoms with van der Waals surface area (Å²) in [6.07, 6.45) is 9.87. The summed E-state index contributed by atoms with van der Waals surface area (Å²) in [5.74, 6) is 0.488. The first-order chi connectivity index (χ1) is 13.6. The fourth-order valence-corrected chi connectivity index (χ4v) is 4.76. The zero-order valence-electron chi connectivity index (χ0n) is 17.3. The predicted molar refractivity (Wildman–Crippen MR) is 118 cm³/mol. The SMILES string of the molecule is CC1(C)C(Cc2ccccc2)C(N2CCCCC2)=CC=[N+]1Cc1ccccc1. The molecule has 0 radical (unpaired) electrons. The molecule has 0 spiro atoms. The van der Waals surface area contributed by atoms with Crippen molar-refractivity contribution >= 4 is 6.21 Å². The van der Waals surface area contributed by atoms with E-state index in [1.54, 1.807) is 0 Å². The molecular weight excluding hydrogens is 340 g/mol. The lowest BCUT2D eigenvalue weighted by Crippen LogP contribution is -2.51. The van der Waals surface area contributed by atoms with Crippen molar-refractivity contribution in [2.45, 2.75) is 51.6 Å². The van der Waals surface area contributed by atoms with Crippen molar-refractivity contribution < 1.29 is 4.58 Å². The molecule has 1 saturated heterocycles. The van der Waals surface area contributed by atoms with Gasteiger partial charge in [-0.3, -0.25) is 0 Å². The second-order valence-corrected chi connectivity index (χ2v) is 8.80. The molecule has 2 aliphatic rings. The number of likely N-dealkylation sites (tertiary alicyclic amines) is 1. The zero-order chi connectivity index (χ0) is 19.4. The summed E-state index contributed by atoms with van der Waals surface area (Å²) < 4.78 is 2.55. The van der Waals surface area contributed by atoms with Gasteiger partial charge < -0.3 is 4.90 Å². The fourth-order valence-electron chi connectivity index (χ4n) is 4.76. The maximum atomic E-state index is 2.66. The molecule has 2 nitrogen and oxygen atoms in total. The third-order valence-corrected chi connectivity index (χ3v) is 6.57. The minimum absolute atomic E-state index is 0.0627. The highest BCUT2D eigenvalue weighted by molar-refractivity contribution is 5.69. The molecule has 1 fully saturated rings. The summed E-state index contributed by atoms with van der Waals surface area (Å²) in [5.41, 5.74) is 4.41. The van der Waals surface area contributed by atoms with Gasteiger partial charge >= 0.3 is 0 Å². The lowest BCUT2D eigenvalue weighted by atomic mass is 9.77. The summed E-state index contributed by atoms with van der Waals surface area (Å²) in [7, 11) is 0. The van der Waals surface area contributed by atoms with Crippen LogP contribution in [0.5, 0.6) is 0 Å². The van der Waals surface area contributed by atoms with Crippen LogP contribution < -0.4 is 0 Å². The van der Waals surface area contributed by atoms with Gasteiger partial charge in [0, 0.05) is 44.3 Å². The van der Waals surface area contributed by atoms with Crippen LogP contribution >= 0.6 is 0 Å². The van der Waals surface area contributed by atoms with Crippen LogP contribution in [0.4, 0.5) is 0 Å². The molecule has 0 amide bonds. The van der Waals surface area contributed by atoms with E-state index in [1.807, 2.05) is 0 Å². The number of allylic oxidation sites excluding steroid dienone is 1. The monoisotopic (exact) mass is 373 g/mol. The Bertz CT molecular complexity index is 827. The first-order valence-corrected chi connectivity index (χ1v) is 10.8. The molecule has 28 heavy (non-hydrogen) atoms. The molecule has 146 valence electrons. The van der Waals surface area contributed by atoms with Gasteiger partial charge in [-0.25, -0.2) is 4.58 Å². The summed E-state index contributed by atoms with van der Waals surface area (Å²) in [6, 6.07) is 21.9. The molecule has 4 rings (SSSR count). The normalized spacial score (nSPS) is 21.8. The second kappa shape index (κ2) is 8.34. The van der Waals surface area contributed by atoms with Crippen LogP contribution in [0.3, 0.4) is 0 Å². The van der Waals surface area contributed by atoms with Crippen molar-refractivity contribution in [2.75, 3.05) is 13.1 Å². The maximum Gasteiger partial charge on any atom is 0.168 e. The lowest BCUT2D eigenvalue weighted by molar-refractivity contribution is -0.621. The average molecular weight is 374 g/mol. The van der Waals surface area contributed by atoms with Crippen molar-refractivity contribution in [3.05, 3.63) is 83.6 Å². The number of benzene rings is 2. The van der Waals surface area contributed by atoms with Crippen LogP contribution in [0.2, 0.25) is 0 Å². The third-order valence-electron chi connectivity index (χ3n) is 6.57. The Balaban J connectivity index is 1.67. The van der Waals surface area contributed by atoms with E-state index in [0.717, 1.165) is 13.0 Å². The van der Waals surface area contributed by atoms with Crippen molar-refractivity contribution in [1.82, 2.24) is 4.90 Å². The van der Waals surface area contributed by atoms with Gasteiger partial charge in [-0.2, -0.15) is 0 Å². The topological polar surface area (TPSA) is 6.25 Å². The quantitative estimate of drug-likeness (QED) is 0.645. The number of nitrogens with zero attached hydrogens (tertiary/aromatic N) is 2. The van der Waals surface area contributed by atoms with Crippen molar-refractivity contribution in [3.8, 4) is 0 Å². The lowest BCUT2D eigenvalue weighted by Gasteiger charge is -2.42. The summed E-state index contributed by atoms with van der Waals surface area (Å²) in [5, 5.41) is 0. The van der Waals surface area contributed by atoms with Gasteiger partial charge in [0.25, 0.3) is 0 Å². The Morgan fingerprint density at radius 3 is 2.11 bits per heavy atom. The van der Waals surface area contributed by atoms with Crippen LogP contribution in [0.1, 0.15) is 44.2 Å². The molecule has 0 N–H and O–H groups in total. The molecule has 2 aromatic rings. The van der Waals surface area contributed by atoms with Crippen molar-refractivity contribution in [1.29, 1.82) is 0 Å². The minimum atomic E-state index is 0.0627. The zero-order valence-corrected chi connectivity index (χ0v) is 17.3. The van der Waals surface area contributed by atoms with Gasteiger partial charge in [0.1, 0.15) is 0 Å². The highest BCUT2D eigenvalue weighted by Gasteiger charge is 2.45. The van der Waals surface area contributed by atoms with Crippen molar-refractivity contribution in [3.63, 3.8) is 0 Å². The van der Waals surface area contributed by atoms with E-state index in [9.17, 15) is 0 Å². The number of piperidine rings is 1. The number of hydrogen-bond acceptors (Lipinski definition) is 1. The van der Waals surface area contributed by atoms with Gasteiger partial charge in [0.05, 0.1) is 5.92 Å². The number of rotatable bonds is 5. The van der Waals surface area contributed by atoms with E-state index in [2.05, 4.69) is 96.3 Å². The van der Waals surface area contributed by atoms with E-state index in [0.29, 0.717) is 5.92 Å². The molecule has 2 heterocycles. The third kappa shape index (κ3) is 4.06. The van der Waals surface area contributed by atoms with E-state index in [4.69, 9.17) is 0 Å². The predicted octanol–water partition coefficient (Wildman–Crippen LogP) is 5.29. The van der Waals surface area contributed by atoms with Gasteiger partial charge in [-0.05, 0) is 31.2 Å². The molecule has 0 aromatic heterocycles. The van der Waals surface area contributed by atoms with Gasteiger partial charge in [0.15, 0.2) is 18.3 Å². The average Bonchev–Trinajstić information content (AvgIpc) is 2.73. The van der Waals surface area contributed by atoms with Crippen LogP contribution in [-0.4, -0.2) is 34.3 Å². The maximum absolute atomic E-state index is 2.66. The molecule has 2 aliphatic heterocycles. The molecule has 0 bridgehead atoms. The highest BCUT2D eigenvalue weighted by atomic mass is 15.2. The Hall–Kier alpha value is -2.35.